The Balaban J connectivity index is 1.52. The molecule has 4 rings (SSSR count). The van der Waals surface area contributed by atoms with Gasteiger partial charge in [-0.3, -0.25) is 9.69 Å². The van der Waals surface area contributed by atoms with Crippen LogP contribution in [0, 0.1) is 0 Å². The van der Waals surface area contributed by atoms with Gasteiger partial charge in [-0.25, -0.2) is 9.59 Å². The molecule has 2 aromatic carbocycles. The van der Waals surface area contributed by atoms with Crippen LogP contribution in [0.1, 0.15) is 17.2 Å². The van der Waals surface area contributed by atoms with Crippen LogP contribution in [-0.2, 0) is 20.9 Å². The van der Waals surface area contributed by atoms with Crippen LogP contribution in [0.15, 0.2) is 64.7 Å². The Morgan fingerprint density at radius 1 is 1.23 bits per heavy atom. The van der Waals surface area contributed by atoms with Crippen LogP contribution < -0.4 is 10.6 Å². The van der Waals surface area contributed by atoms with Crippen LogP contribution in [-0.4, -0.2) is 42.2 Å². The predicted molar refractivity (Wildman–Crippen MR) is 117 cm³/mol. The maximum absolute atomic E-state index is 12.8. The van der Waals surface area contributed by atoms with Crippen LogP contribution >= 0.6 is 23.4 Å². The van der Waals surface area contributed by atoms with Crippen LogP contribution in [0.5, 0.6) is 0 Å². The second-order valence-electron chi connectivity index (χ2n) is 7.05. The van der Waals surface area contributed by atoms with Crippen molar-refractivity contribution in [2.75, 3.05) is 19.4 Å². The van der Waals surface area contributed by atoms with Crippen molar-refractivity contribution in [3.05, 3.63) is 76.0 Å². The van der Waals surface area contributed by atoms with Crippen LogP contribution in [0.3, 0.4) is 0 Å². The van der Waals surface area contributed by atoms with Crippen LogP contribution in [0.4, 0.5) is 4.79 Å². The first-order valence-electron chi connectivity index (χ1n) is 9.60. The normalized spacial score (nSPS) is 17.9. The number of carbonyl (C=O) groups excluding carboxylic acids is 3. The summed E-state index contributed by atoms with van der Waals surface area (Å²) in [6.45, 7) is -0.0393. The zero-order chi connectivity index (χ0) is 22.0. The summed E-state index contributed by atoms with van der Waals surface area (Å²) < 4.78 is 5.20. The molecule has 3 amide bonds. The largest absolute Gasteiger partial charge is 0.456 e. The predicted octanol–water partition coefficient (Wildman–Crippen LogP) is 3.26. The third-order valence-electron chi connectivity index (χ3n) is 5.18. The monoisotopic (exact) mass is 457 g/mol. The van der Waals surface area contributed by atoms with Gasteiger partial charge in [0.15, 0.2) is 0 Å². The molecule has 0 fully saturated rings. The highest BCUT2D eigenvalue weighted by atomic mass is 35.5. The van der Waals surface area contributed by atoms with Crippen LogP contribution in [0.25, 0.3) is 0 Å². The van der Waals surface area contributed by atoms with Gasteiger partial charge in [0, 0.05) is 16.5 Å². The average molecular weight is 458 g/mol. The number of hydrogen-bond donors (Lipinski definition) is 2. The van der Waals surface area contributed by atoms with E-state index in [4.69, 9.17) is 16.3 Å². The fraction of sp³-hybridized carbons (Fsp3) is 0.227. The molecule has 7 nitrogen and oxygen atoms in total. The molecule has 2 aliphatic heterocycles. The summed E-state index contributed by atoms with van der Waals surface area (Å²) in [4.78, 5) is 40.1. The summed E-state index contributed by atoms with van der Waals surface area (Å²) in [5.41, 5.74) is 2.32. The maximum Gasteiger partial charge on any atom is 0.338 e. The van der Waals surface area contributed by atoms with E-state index in [2.05, 4.69) is 10.6 Å². The first-order chi connectivity index (χ1) is 15.0. The van der Waals surface area contributed by atoms with Gasteiger partial charge in [0.2, 0.25) is 5.91 Å². The number of hydrogen-bond acceptors (Lipinski definition) is 5. The Bertz CT molecular complexity index is 1070. The van der Waals surface area contributed by atoms with E-state index in [1.807, 2.05) is 48.7 Å². The number of benzene rings is 2. The summed E-state index contributed by atoms with van der Waals surface area (Å²) in [5, 5.41) is 6.14. The lowest BCUT2D eigenvalue weighted by atomic mass is 9.96. The fourth-order valence-electron chi connectivity index (χ4n) is 3.56. The van der Waals surface area contributed by atoms with Gasteiger partial charge in [-0.15, -0.1) is 11.8 Å². The number of nitrogens with zero attached hydrogens (tertiary/aromatic N) is 1. The summed E-state index contributed by atoms with van der Waals surface area (Å²) in [5.74, 6) is -0.862. The van der Waals surface area contributed by atoms with Gasteiger partial charge in [-0.1, -0.05) is 41.9 Å². The van der Waals surface area contributed by atoms with Crippen molar-refractivity contribution in [1.29, 1.82) is 0 Å². The Morgan fingerprint density at radius 2 is 1.97 bits per heavy atom. The number of cyclic esters (lactones) is 1. The minimum Gasteiger partial charge on any atom is -0.456 e. The highest BCUT2D eigenvalue weighted by Crippen LogP contribution is 2.35. The molecule has 0 spiro atoms. The highest BCUT2D eigenvalue weighted by Gasteiger charge is 2.42. The van der Waals surface area contributed by atoms with E-state index in [9.17, 15) is 14.4 Å². The van der Waals surface area contributed by atoms with E-state index in [-0.39, 0.29) is 25.6 Å². The third kappa shape index (κ3) is 4.40. The molecule has 0 radical (unpaired) electrons. The Labute approximate surface area is 188 Å². The molecule has 31 heavy (non-hydrogen) atoms. The summed E-state index contributed by atoms with van der Waals surface area (Å²) >= 11 is 7.72. The highest BCUT2D eigenvalue weighted by molar-refractivity contribution is 7.98. The molecular weight excluding hydrogens is 438 g/mol. The first-order valence-corrected chi connectivity index (χ1v) is 11.2. The van der Waals surface area contributed by atoms with Gasteiger partial charge in [0.25, 0.3) is 0 Å². The van der Waals surface area contributed by atoms with Crippen molar-refractivity contribution in [3.8, 4) is 0 Å². The van der Waals surface area contributed by atoms with Crippen molar-refractivity contribution >= 4 is 41.3 Å². The van der Waals surface area contributed by atoms with E-state index in [1.165, 1.54) is 4.90 Å². The molecule has 0 saturated heterocycles. The zero-order valence-corrected chi connectivity index (χ0v) is 18.3. The minimum atomic E-state index is -0.615. The SMILES string of the molecule is CSc1ccc([C@H]2NC(=O)N(CC(=O)NCc3ccccc3Cl)C3=C2C(=O)OC3)cc1. The standard InChI is InChI=1S/C22H20ClN3O4S/c1-31-15-8-6-13(7-9-15)20-19-17(12-30-21(19)28)26(22(29)25-20)11-18(27)24-10-14-4-2-3-5-16(14)23/h2-9,20H,10-12H2,1H3,(H,24,27)(H,25,29)/t20-/m1/s1. The number of urea groups is 1. The van der Waals surface area contributed by atoms with Crippen LogP contribution in [0.2, 0.25) is 5.02 Å². The van der Waals surface area contributed by atoms with Crippen molar-refractivity contribution in [2.45, 2.75) is 17.5 Å². The van der Waals surface area contributed by atoms with Crippen molar-refractivity contribution in [1.82, 2.24) is 15.5 Å². The molecule has 2 N–H and O–H groups in total. The summed E-state index contributed by atoms with van der Waals surface area (Å²) in [6.07, 6.45) is 1.97. The number of rotatable bonds is 6. The summed E-state index contributed by atoms with van der Waals surface area (Å²) in [6, 6.07) is 13.7. The lowest BCUT2D eigenvalue weighted by Crippen LogP contribution is -2.50. The molecule has 0 aromatic heterocycles. The van der Waals surface area contributed by atoms with E-state index in [0.717, 1.165) is 16.0 Å². The molecule has 160 valence electrons. The van der Waals surface area contributed by atoms with Gasteiger partial charge in [0.1, 0.15) is 13.2 Å². The number of carbonyl (C=O) groups is 3. The molecule has 0 saturated carbocycles. The van der Waals surface area contributed by atoms with Gasteiger partial charge in [-0.05, 0) is 35.6 Å². The third-order valence-corrected chi connectivity index (χ3v) is 6.30. The van der Waals surface area contributed by atoms with Crippen molar-refractivity contribution in [2.24, 2.45) is 0 Å². The zero-order valence-electron chi connectivity index (χ0n) is 16.7. The van der Waals surface area contributed by atoms with Gasteiger partial charge in [0.05, 0.1) is 17.3 Å². The lowest BCUT2D eigenvalue weighted by Gasteiger charge is -2.32. The Morgan fingerprint density at radius 3 is 2.68 bits per heavy atom. The smallest absolute Gasteiger partial charge is 0.338 e. The molecule has 2 aromatic rings. The van der Waals surface area contributed by atoms with E-state index in [1.54, 1.807) is 17.8 Å². The van der Waals surface area contributed by atoms with Gasteiger partial charge >= 0.3 is 12.0 Å². The molecule has 0 aliphatic carbocycles. The number of halogens is 1. The van der Waals surface area contributed by atoms with Crippen molar-refractivity contribution in [3.63, 3.8) is 0 Å². The molecule has 2 heterocycles. The van der Waals surface area contributed by atoms with E-state index >= 15 is 0 Å². The molecule has 0 unspecified atom stereocenters. The number of ether oxygens (including phenoxy) is 1. The molecule has 1 atom stereocenters. The quantitative estimate of drug-likeness (QED) is 0.513. The minimum absolute atomic E-state index is 0.0429. The van der Waals surface area contributed by atoms with Crippen molar-refractivity contribution < 1.29 is 19.1 Å². The van der Waals surface area contributed by atoms with E-state index < -0.39 is 18.0 Å². The fourth-order valence-corrected chi connectivity index (χ4v) is 4.17. The maximum atomic E-state index is 12.8. The second-order valence-corrected chi connectivity index (χ2v) is 8.33. The van der Waals surface area contributed by atoms with Gasteiger partial charge < -0.3 is 15.4 Å². The lowest BCUT2D eigenvalue weighted by molar-refractivity contribution is -0.136. The second kappa shape index (κ2) is 9.03. The number of nitrogens with one attached hydrogen (secondary N) is 2. The molecule has 2 aliphatic rings. The average Bonchev–Trinajstić information content (AvgIpc) is 3.16. The van der Waals surface area contributed by atoms with Gasteiger partial charge in [-0.2, -0.15) is 0 Å². The molecular formula is C22H20ClN3O4S. The summed E-state index contributed by atoms with van der Waals surface area (Å²) in [7, 11) is 0. The molecule has 9 heteroatoms. The number of thioether (sulfide) groups is 1. The number of amides is 3. The molecule has 0 bridgehead atoms. The number of esters is 1. The Hall–Kier alpha value is -2.97. The van der Waals surface area contributed by atoms with E-state index in [0.29, 0.717) is 16.3 Å². The topological polar surface area (TPSA) is 87.7 Å². The Kier molecular flexibility index (Phi) is 6.20. The first kappa shape index (κ1) is 21.3.